The van der Waals surface area contributed by atoms with Gasteiger partial charge in [0.05, 0.1) is 18.0 Å². The number of hydrogen-bond donors (Lipinski definition) is 1. The second-order valence-corrected chi connectivity index (χ2v) is 8.41. The van der Waals surface area contributed by atoms with Crippen molar-refractivity contribution in [1.29, 1.82) is 0 Å². The fraction of sp³-hybridized carbons (Fsp3) is 0.316. The van der Waals surface area contributed by atoms with Gasteiger partial charge in [0.2, 0.25) is 15.9 Å². The molecule has 2 aromatic rings. The average Bonchev–Trinajstić information content (AvgIpc) is 2.56. The van der Waals surface area contributed by atoms with Crippen LogP contribution in [0, 0.1) is 25.5 Å². The summed E-state index contributed by atoms with van der Waals surface area (Å²) in [5.74, 6) is -2.85. The SMILES string of the molecule is Cc1ccc([C@H](C)NC(=O)CN(c2ccc(F)c(F)c2)S(C)(=O)=O)cc1C. The van der Waals surface area contributed by atoms with Crippen LogP contribution >= 0.6 is 0 Å². The van der Waals surface area contributed by atoms with Crippen LogP contribution in [0.3, 0.4) is 0 Å². The monoisotopic (exact) mass is 396 g/mol. The van der Waals surface area contributed by atoms with E-state index in [-0.39, 0.29) is 11.7 Å². The molecule has 1 atom stereocenters. The molecule has 146 valence electrons. The molecule has 0 radical (unpaired) electrons. The Morgan fingerprint density at radius 2 is 1.74 bits per heavy atom. The standard InChI is InChI=1S/C19H22F2N2O3S/c1-12-5-6-15(9-13(12)2)14(3)22-19(24)11-23(27(4,25)26)16-7-8-17(20)18(21)10-16/h5-10,14H,11H2,1-4H3,(H,22,24)/t14-/m0/s1. The van der Waals surface area contributed by atoms with Gasteiger partial charge in [0.25, 0.3) is 0 Å². The number of nitrogens with one attached hydrogen (secondary N) is 1. The zero-order chi connectivity index (χ0) is 20.4. The lowest BCUT2D eigenvalue weighted by Gasteiger charge is -2.23. The van der Waals surface area contributed by atoms with E-state index in [9.17, 15) is 22.0 Å². The van der Waals surface area contributed by atoms with Crippen molar-refractivity contribution in [3.05, 3.63) is 64.7 Å². The fourth-order valence-corrected chi connectivity index (χ4v) is 3.42. The number of hydrogen-bond acceptors (Lipinski definition) is 3. The summed E-state index contributed by atoms with van der Waals surface area (Å²) in [5.41, 5.74) is 2.96. The highest BCUT2D eigenvalue weighted by atomic mass is 32.2. The Balaban J connectivity index is 2.18. The topological polar surface area (TPSA) is 66.5 Å². The largest absolute Gasteiger partial charge is 0.348 e. The van der Waals surface area contributed by atoms with Crippen LogP contribution in [0.1, 0.15) is 29.7 Å². The highest BCUT2D eigenvalue weighted by molar-refractivity contribution is 7.92. The second kappa shape index (κ2) is 8.04. The fourth-order valence-electron chi connectivity index (χ4n) is 2.58. The molecule has 0 spiro atoms. The van der Waals surface area contributed by atoms with Crippen LogP contribution in [0.5, 0.6) is 0 Å². The number of rotatable bonds is 6. The summed E-state index contributed by atoms with van der Waals surface area (Å²) in [7, 11) is -3.87. The number of carbonyl (C=O) groups is 1. The Morgan fingerprint density at radius 1 is 1.07 bits per heavy atom. The van der Waals surface area contributed by atoms with Gasteiger partial charge in [-0.3, -0.25) is 9.10 Å². The molecule has 0 saturated heterocycles. The van der Waals surface area contributed by atoms with Crippen molar-refractivity contribution in [2.45, 2.75) is 26.8 Å². The van der Waals surface area contributed by atoms with Crippen molar-refractivity contribution < 1.29 is 22.0 Å². The molecule has 0 aliphatic carbocycles. The summed E-state index contributed by atoms with van der Waals surface area (Å²) in [6.45, 7) is 5.18. The molecule has 0 saturated carbocycles. The first-order valence-corrected chi connectivity index (χ1v) is 10.1. The first-order valence-electron chi connectivity index (χ1n) is 8.28. The van der Waals surface area contributed by atoms with E-state index >= 15 is 0 Å². The van der Waals surface area contributed by atoms with Crippen LogP contribution in [0.15, 0.2) is 36.4 Å². The van der Waals surface area contributed by atoms with Crippen molar-refractivity contribution >= 4 is 21.6 Å². The first-order chi connectivity index (χ1) is 12.5. The van der Waals surface area contributed by atoms with Gasteiger partial charge in [0.1, 0.15) is 6.54 Å². The lowest BCUT2D eigenvalue weighted by molar-refractivity contribution is -0.120. The molecule has 2 rings (SSSR count). The maximum Gasteiger partial charge on any atom is 0.241 e. The summed E-state index contributed by atoms with van der Waals surface area (Å²) in [6.07, 6.45) is 0.897. The number of carbonyl (C=O) groups excluding carboxylic acids is 1. The van der Waals surface area contributed by atoms with E-state index in [0.29, 0.717) is 0 Å². The van der Waals surface area contributed by atoms with Gasteiger partial charge in [-0.1, -0.05) is 18.2 Å². The number of nitrogens with zero attached hydrogens (tertiary/aromatic N) is 1. The summed E-state index contributed by atoms with van der Waals surface area (Å²) in [4.78, 5) is 12.4. The molecule has 8 heteroatoms. The molecular weight excluding hydrogens is 374 g/mol. The quantitative estimate of drug-likeness (QED) is 0.815. The third-order valence-electron chi connectivity index (χ3n) is 4.29. The Kier molecular flexibility index (Phi) is 6.20. The predicted molar refractivity (Wildman–Crippen MR) is 101 cm³/mol. The van der Waals surface area contributed by atoms with Crippen molar-refractivity contribution in [2.24, 2.45) is 0 Å². The molecule has 1 N–H and O–H groups in total. The Bertz CT molecular complexity index is 961. The highest BCUT2D eigenvalue weighted by Gasteiger charge is 2.23. The molecule has 5 nitrogen and oxygen atoms in total. The summed E-state index contributed by atoms with van der Waals surface area (Å²) >= 11 is 0. The van der Waals surface area contributed by atoms with Gasteiger partial charge in [-0.15, -0.1) is 0 Å². The van der Waals surface area contributed by atoms with E-state index in [0.717, 1.165) is 45.5 Å². The van der Waals surface area contributed by atoms with Gasteiger partial charge in [-0.05, 0) is 49.6 Å². The molecule has 27 heavy (non-hydrogen) atoms. The van der Waals surface area contributed by atoms with Gasteiger partial charge in [-0.2, -0.15) is 0 Å². The number of sulfonamides is 1. The Hall–Kier alpha value is -2.48. The molecule has 0 fully saturated rings. The lowest BCUT2D eigenvalue weighted by Crippen LogP contribution is -2.41. The van der Waals surface area contributed by atoms with Crippen LogP contribution in [-0.4, -0.2) is 27.1 Å². The highest BCUT2D eigenvalue weighted by Crippen LogP contribution is 2.21. The van der Waals surface area contributed by atoms with Crippen LogP contribution in [0.2, 0.25) is 0 Å². The number of halogens is 2. The van der Waals surface area contributed by atoms with E-state index in [1.165, 1.54) is 0 Å². The molecule has 1 amide bonds. The number of anilines is 1. The maximum absolute atomic E-state index is 13.5. The molecule has 0 aliphatic heterocycles. The number of aryl methyl sites for hydroxylation is 2. The van der Waals surface area contributed by atoms with Gasteiger partial charge >= 0.3 is 0 Å². The molecular formula is C19H22F2N2O3S. The summed E-state index contributed by atoms with van der Waals surface area (Å²) < 4.78 is 51.4. The van der Waals surface area contributed by atoms with Gasteiger partial charge in [0, 0.05) is 6.07 Å². The van der Waals surface area contributed by atoms with Crippen molar-refractivity contribution in [2.75, 3.05) is 17.1 Å². The van der Waals surface area contributed by atoms with E-state index < -0.39 is 34.1 Å². The minimum atomic E-state index is -3.87. The zero-order valence-corrected chi connectivity index (χ0v) is 16.4. The molecule has 0 heterocycles. The van der Waals surface area contributed by atoms with Crippen LogP contribution in [-0.2, 0) is 14.8 Å². The van der Waals surface area contributed by atoms with Gasteiger partial charge in [0.15, 0.2) is 11.6 Å². The maximum atomic E-state index is 13.5. The number of benzene rings is 2. The normalized spacial score (nSPS) is 12.5. The third-order valence-corrected chi connectivity index (χ3v) is 5.43. The summed E-state index contributed by atoms with van der Waals surface area (Å²) in [6, 6.07) is 8.11. The van der Waals surface area contributed by atoms with E-state index in [1.807, 2.05) is 32.0 Å². The first kappa shape index (κ1) is 20.8. The Morgan fingerprint density at radius 3 is 2.30 bits per heavy atom. The van der Waals surface area contributed by atoms with Crippen molar-refractivity contribution in [1.82, 2.24) is 5.32 Å². The summed E-state index contributed by atoms with van der Waals surface area (Å²) in [5, 5.41) is 2.73. The van der Waals surface area contributed by atoms with E-state index in [4.69, 9.17) is 0 Å². The van der Waals surface area contributed by atoms with Crippen molar-refractivity contribution in [3.63, 3.8) is 0 Å². The van der Waals surface area contributed by atoms with Crippen molar-refractivity contribution in [3.8, 4) is 0 Å². The Labute approximate surface area is 158 Å². The number of amides is 1. The lowest BCUT2D eigenvalue weighted by atomic mass is 10.0. The van der Waals surface area contributed by atoms with E-state index in [2.05, 4.69) is 5.32 Å². The minimum Gasteiger partial charge on any atom is -0.348 e. The second-order valence-electron chi connectivity index (χ2n) is 6.50. The van der Waals surface area contributed by atoms with Crippen LogP contribution in [0.4, 0.5) is 14.5 Å². The molecule has 0 aliphatic rings. The molecule has 0 bridgehead atoms. The van der Waals surface area contributed by atoms with Crippen LogP contribution in [0.25, 0.3) is 0 Å². The van der Waals surface area contributed by atoms with Crippen LogP contribution < -0.4 is 9.62 Å². The molecule has 0 aromatic heterocycles. The predicted octanol–water partition coefficient (Wildman–Crippen LogP) is 3.23. The molecule has 0 unspecified atom stereocenters. The average molecular weight is 396 g/mol. The van der Waals surface area contributed by atoms with Gasteiger partial charge < -0.3 is 5.32 Å². The zero-order valence-electron chi connectivity index (χ0n) is 15.6. The van der Waals surface area contributed by atoms with E-state index in [1.54, 1.807) is 6.92 Å². The van der Waals surface area contributed by atoms with Gasteiger partial charge in [-0.25, -0.2) is 17.2 Å². The smallest absolute Gasteiger partial charge is 0.241 e. The minimum absolute atomic E-state index is 0.120. The molecule has 2 aromatic carbocycles. The third kappa shape index (κ3) is 5.26.